The standard InChI is InChI=1S/C24H23NO4/c1-14-10-19-22(23-21(14)15(2)13-28-23)16(3)18(24(27)29-19)11-20(26)25(4)12-17-8-6-5-7-9-17/h5-10,13H,11-12H2,1-4H3. The number of benzene rings is 2. The second kappa shape index (κ2) is 7.24. The molecule has 0 aliphatic heterocycles. The minimum Gasteiger partial charge on any atom is -0.463 e. The largest absolute Gasteiger partial charge is 0.463 e. The quantitative estimate of drug-likeness (QED) is 0.476. The topological polar surface area (TPSA) is 63.7 Å². The summed E-state index contributed by atoms with van der Waals surface area (Å²) in [5.74, 6) is -0.136. The molecule has 29 heavy (non-hydrogen) atoms. The summed E-state index contributed by atoms with van der Waals surface area (Å²) < 4.78 is 11.4. The minimum absolute atomic E-state index is 0.0114. The van der Waals surface area contributed by atoms with Gasteiger partial charge in [0, 0.05) is 19.0 Å². The highest BCUT2D eigenvalue weighted by Crippen LogP contribution is 2.34. The third kappa shape index (κ3) is 3.33. The number of likely N-dealkylation sites (N-methyl/N-ethyl adjacent to an activating group) is 1. The maximum atomic E-state index is 12.8. The van der Waals surface area contributed by atoms with Gasteiger partial charge in [-0.15, -0.1) is 0 Å². The Hall–Kier alpha value is -3.34. The van der Waals surface area contributed by atoms with Crippen LogP contribution in [0.1, 0.15) is 27.8 Å². The van der Waals surface area contributed by atoms with E-state index in [1.165, 1.54) is 0 Å². The van der Waals surface area contributed by atoms with Gasteiger partial charge in [-0.1, -0.05) is 30.3 Å². The summed E-state index contributed by atoms with van der Waals surface area (Å²) in [5, 5.41) is 1.78. The Morgan fingerprint density at radius 1 is 1.03 bits per heavy atom. The molecule has 0 N–H and O–H groups in total. The first kappa shape index (κ1) is 19.0. The molecule has 0 atom stereocenters. The predicted octanol–water partition coefficient (Wildman–Crippen LogP) is 4.67. The average molecular weight is 389 g/mol. The van der Waals surface area contributed by atoms with E-state index in [-0.39, 0.29) is 12.3 Å². The molecule has 0 bridgehead atoms. The van der Waals surface area contributed by atoms with E-state index >= 15 is 0 Å². The van der Waals surface area contributed by atoms with Crippen molar-refractivity contribution in [3.05, 3.63) is 80.9 Å². The van der Waals surface area contributed by atoms with Gasteiger partial charge in [-0.2, -0.15) is 0 Å². The highest BCUT2D eigenvalue weighted by molar-refractivity contribution is 6.07. The van der Waals surface area contributed by atoms with Gasteiger partial charge in [-0.05, 0) is 49.1 Å². The van der Waals surface area contributed by atoms with E-state index < -0.39 is 5.63 Å². The third-order valence-corrected chi connectivity index (χ3v) is 5.48. The van der Waals surface area contributed by atoms with Gasteiger partial charge < -0.3 is 13.7 Å². The number of nitrogens with zero attached hydrogens (tertiary/aromatic N) is 1. The number of carbonyl (C=O) groups excluding carboxylic acids is 1. The first-order valence-corrected chi connectivity index (χ1v) is 9.58. The summed E-state index contributed by atoms with van der Waals surface area (Å²) in [4.78, 5) is 27.1. The van der Waals surface area contributed by atoms with Crippen LogP contribution in [-0.4, -0.2) is 17.9 Å². The number of hydrogen-bond acceptors (Lipinski definition) is 4. The Balaban J connectivity index is 1.74. The van der Waals surface area contributed by atoms with Crippen molar-refractivity contribution in [2.45, 2.75) is 33.7 Å². The van der Waals surface area contributed by atoms with E-state index in [0.29, 0.717) is 23.3 Å². The molecule has 0 saturated carbocycles. The molecule has 2 aromatic heterocycles. The van der Waals surface area contributed by atoms with Gasteiger partial charge >= 0.3 is 5.63 Å². The zero-order valence-electron chi connectivity index (χ0n) is 17.0. The highest BCUT2D eigenvalue weighted by atomic mass is 16.4. The molecule has 5 heteroatoms. The van der Waals surface area contributed by atoms with Crippen molar-refractivity contribution in [3.63, 3.8) is 0 Å². The molecule has 4 aromatic rings. The molecule has 4 rings (SSSR count). The lowest BCUT2D eigenvalue weighted by Crippen LogP contribution is -2.29. The van der Waals surface area contributed by atoms with Crippen molar-refractivity contribution in [2.24, 2.45) is 0 Å². The fraction of sp³-hybridized carbons (Fsp3) is 0.250. The van der Waals surface area contributed by atoms with E-state index in [0.717, 1.165) is 33.0 Å². The van der Waals surface area contributed by atoms with Crippen LogP contribution in [-0.2, 0) is 17.8 Å². The van der Waals surface area contributed by atoms with Gasteiger partial charge in [0.05, 0.1) is 23.6 Å². The lowest BCUT2D eigenvalue weighted by molar-refractivity contribution is -0.129. The molecular formula is C24H23NO4. The molecule has 0 fully saturated rings. The molecule has 0 aliphatic rings. The Bertz CT molecular complexity index is 1280. The van der Waals surface area contributed by atoms with E-state index in [4.69, 9.17) is 8.83 Å². The Kier molecular flexibility index (Phi) is 4.74. The molecule has 148 valence electrons. The fourth-order valence-corrected chi connectivity index (χ4v) is 3.91. The first-order valence-electron chi connectivity index (χ1n) is 9.58. The van der Waals surface area contributed by atoms with Crippen molar-refractivity contribution in [1.29, 1.82) is 0 Å². The van der Waals surface area contributed by atoms with Crippen LogP contribution >= 0.6 is 0 Å². The molecule has 0 saturated heterocycles. The van der Waals surface area contributed by atoms with E-state index in [2.05, 4.69) is 0 Å². The summed E-state index contributed by atoms with van der Waals surface area (Å²) in [6.45, 7) is 6.29. The smallest absolute Gasteiger partial charge is 0.340 e. The van der Waals surface area contributed by atoms with Crippen LogP contribution in [0.25, 0.3) is 21.9 Å². The van der Waals surface area contributed by atoms with Gasteiger partial charge in [-0.25, -0.2) is 4.79 Å². The zero-order chi connectivity index (χ0) is 20.7. The monoisotopic (exact) mass is 389 g/mol. The van der Waals surface area contributed by atoms with Crippen molar-refractivity contribution in [3.8, 4) is 0 Å². The van der Waals surface area contributed by atoms with Gasteiger partial charge in [0.25, 0.3) is 0 Å². The maximum Gasteiger partial charge on any atom is 0.340 e. The van der Waals surface area contributed by atoms with Gasteiger partial charge in [0.1, 0.15) is 11.2 Å². The molecule has 0 spiro atoms. The van der Waals surface area contributed by atoms with Crippen molar-refractivity contribution in [2.75, 3.05) is 7.05 Å². The zero-order valence-corrected chi connectivity index (χ0v) is 17.0. The van der Waals surface area contributed by atoms with Crippen molar-refractivity contribution < 1.29 is 13.6 Å². The van der Waals surface area contributed by atoms with Crippen LogP contribution < -0.4 is 5.63 Å². The molecule has 2 heterocycles. The van der Waals surface area contributed by atoms with Crippen molar-refractivity contribution in [1.82, 2.24) is 4.90 Å². The average Bonchev–Trinajstić information content (AvgIpc) is 3.07. The van der Waals surface area contributed by atoms with Crippen LogP contribution in [0.3, 0.4) is 0 Å². The van der Waals surface area contributed by atoms with E-state index in [1.54, 1.807) is 18.2 Å². The number of hydrogen-bond donors (Lipinski definition) is 0. The molecule has 2 aromatic carbocycles. The second-order valence-electron chi connectivity index (χ2n) is 7.59. The molecule has 0 unspecified atom stereocenters. The van der Waals surface area contributed by atoms with Crippen LogP contribution in [0.5, 0.6) is 0 Å². The number of carbonyl (C=O) groups is 1. The highest BCUT2D eigenvalue weighted by Gasteiger charge is 2.21. The summed E-state index contributed by atoms with van der Waals surface area (Å²) in [6.07, 6.45) is 1.70. The van der Waals surface area contributed by atoms with Gasteiger partial charge in [-0.3, -0.25) is 4.79 Å². The number of aryl methyl sites for hydroxylation is 3. The number of furan rings is 1. The maximum absolute atomic E-state index is 12.8. The number of fused-ring (bicyclic) bond motifs is 3. The third-order valence-electron chi connectivity index (χ3n) is 5.48. The molecular weight excluding hydrogens is 366 g/mol. The Labute approximate surface area is 168 Å². The van der Waals surface area contributed by atoms with Crippen LogP contribution in [0.2, 0.25) is 0 Å². The fourth-order valence-electron chi connectivity index (χ4n) is 3.91. The van der Waals surface area contributed by atoms with Crippen LogP contribution in [0.15, 0.2) is 56.3 Å². The lowest BCUT2D eigenvalue weighted by atomic mass is 9.98. The Morgan fingerprint density at radius 3 is 2.48 bits per heavy atom. The number of rotatable bonds is 4. The van der Waals surface area contributed by atoms with E-state index in [1.807, 2.05) is 57.2 Å². The van der Waals surface area contributed by atoms with E-state index in [9.17, 15) is 9.59 Å². The number of amides is 1. The predicted molar refractivity (Wildman–Crippen MR) is 113 cm³/mol. The van der Waals surface area contributed by atoms with Crippen LogP contribution in [0.4, 0.5) is 0 Å². The van der Waals surface area contributed by atoms with Crippen LogP contribution in [0, 0.1) is 20.8 Å². The van der Waals surface area contributed by atoms with Gasteiger partial charge in [0.15, 0.2) is 0 Å². The molecule has 0 aliphatic carbocycles. The minimum atomic E-state index is -0.474. The summed E-state index contributed by atoms with van der Waals surface area (Å²) in [5.41, 5.74) is 4.88. The molecule has 0 radical (unpaired) electrons. The first-order chi connectivity index (χ1) is 13.9. The SMILES string of the molecule is Cc1coc2c1c(C)cc1oc(=O)c(CC(=O)N(C)Cc3ccccc3)c(C)c12. The Morgan fingerprint density at radius 2 is 1.76 bits per heavy atom. The lowest BCUT2D eigenvalue weighted by Gasteiger charge is -2.18. The van der Waals surface area contributed by atoms with Gasteiger partial charge in [0.2, 0.25) is 5.91 Å². The summed E-state index contributed by atoms with van der Waals surface area (Å²) in [7, 11) is 1.74. The normalized spacial score (nSPS) is 11.3. The molecule has 5 nitrogen and oxygen atoms in total. The summed E-state index contributed by atoms with van der Waals surface area (Å²) in [6, 6.07) is 11.6. The van der Waals surface area contributed by atoms with Crippen molar-refractivity contribution >= 4 is 27.8 Å². The molecule has 1 amide bonds. The second-order valence-corrected chi connectivity index (χ2v) is 7.59. The summed E-state index contributed by atoms with van der Waals surface area (Å²) >= 11 is 0.